The lowest BCUT2D eigenvalue weighted by molar-refractivity contribution is -0.137. The Morgan fingerprint density at radius 2 is 1.63 bits per heavy atom. The van der Waals surface area contributed by atoms with Gasteiger partial charge in [-0.2, -0.15) is 0 Å². The molecule has 0 bridgehead atoms. The van der Waals surface area contributed by atoms with Crippen LogP contribution in [0.15, 0.2) is 36.7 Å². The number of aromatic nitrogens is 2. The molecule has 0 atom stereocenters. The largest absolute Gasteiger partial charge is 0.491 e. The van der Waals surface area contributed by atoms with Gasteiger partial charge in [0.1, 0.15) is 12.4 Å². The summed E-state index contributed by atoms with van der Waals surface area (Å²) in [6.07, 6.45) is 12.2. The van der Waals surface area contributed by atoms with Crippen molar-refractivity contribution in [1.82, 2.24) is 9.97 Å². The lowest BCUT2D eigenvalue weighted by Crippen LogP contribution is -2.07. The van der Waals surface area contributed by atoms with E-state index in [1.807, 2.05) is 36.7 Å². The summed E-state index contributed by atoms with van der Waals surface area (Å²) in [5.74, 6) is 0.798. The van der Waals surface area contributed by atoms with E-state index >= 15 is 0 Å². The molecular weight excluding hydrogens is 380 g/mol. The SMILES string of the molecule is CCCCCOCCOc1ccc(-c2ncc(CCCCCCC(=O)O)cn2)cc1. The van der Waals surface area contributed by atoms with Crippen molar-refractivity contribution >= 4 is 5.97 Å². The van der Waals surface area contributed by atoms with Crippen LogP contribution in [-0.2, 0) is 16.0 Å². The molecule has 0 aliphatic carbocycles. The first-order valence-electron chi connectivity index (χ1n) is 11.0. The van der Waals surface area contributed by atoms with Crippen molar-refractivity contribution in [3.05, 3.63) is 42.2 Å². The molecule has 0 saturated carbocycles. The highest BCUT2D eigenvalue weighted by Gasteiger charge is 2.03. The van der Waals surface area contributed by atoms with Crippen LogP contribution in [0.25, 0.3) is 11.4 Å². The van der Waals surface area contributed by atoms with Crippen LogP contribution in [0.4, 0.5) is 0 Å². The summed E-state index contributed by atoms with van der Waals surface area (Å²) in [6.45, 7) is 4.14. The number of unbranched alkanes of at least 4 members (excludes halogenated alkanes) is 5. The molecule has 1 heterocycles. The van der Waals surface area contributed by atoms with Crippen molar-refractivity contribution in [3.63, 3.8) is 0 Å². The lowest BCUT2D eigenvalue weighted by atomic mass is 10.1. The summed E-state index contributed by atoms with van der Waals surface area (Å²) < 4.78 is 11.3. The highest BCUT2D eigenvalue weighted by atomic mass is 16.5. The second-order valence-corrected chi connectivity index (χ2v) is 7.42. The average molecular weight is 415 g/mol. The molecule has 0 fully saturated rings. The Balaban J connectivity index is 1.67. The van der Waals surface area contributed by atoms with E-state index in [2.05, 4.69) is 16.9 Å². The predicted octanol–water partition coefficient (Wildman–Crippen LogP) is 5.31. The molecule has 1 aromatic carbocycles. The molecule has 1 N–H and O–H groups in total. The summed E-state index contributed by atoms with van der Waals surface area (Å²) >= 11 is 0. The molecule has 30 heavy (non-hydrogen) atoms. The van der Waals surface area contributed by atoms with E-state index in [1.165, 1.54) is 12.8 Å². The predicted molar refractivity (Wildman–Crippen MR) is 118 cm³/mol. The van der Waals surface area contributed by atoms with Crippen molar-refractivity contribution < 1.29 is 19.4 Å². The van der Waals surface area contributed by atoms with Gasteiger partial charge in [-0.25, -0.2) is 9.97 Å². The van der Waals surface area contributed by atoms with E-state index in [1.54, 1.807) is 0 Å². The first-order chi connectivity index (χ1) is 14.7. The Morgan fingerprint density at radius 3 is 2.33 bits per heavy atom. The maximum Gasteiger partial charge on any atom is 0.303 e. The van der Waals surface area contributed by atoms with Gasteiger partial charge in [-0.3, -0.25) is 4.79 Å². The number of carboxylic acids is 1. The van der Waals surface area contributed by atoms with Gasteiger partial charge in [-0.15, -0.1) is 0 Å². The molecule has 2 rings (SSSR count). The van der Waals surface area contributed by atoms with E-state index in [4.69, 9.17) is 14.6 Å². The second kappa shape index (κ2) is 14.5. The van der Waals surface area contributed by atoms with Gasteiger partial charge < -0.3 is 14.6 Å². The fourth-order valence-corrected chi connectivity index (χ4v) is 3.07. The molecule has 0 radical (unpaired) electrons. The number of aryl methyl sites for hydroxylation is 1. The zero-order chi connectivity index (χ0) is 21.4. The Kier molecular flexibility index (Phi) is 11.5. The highest BCUT2D eigenvalue weighted by Crippen LogP contribution is 2.19. The first-order valence-corrected chi connectivity index (χ1v) is 11.0. The van der Waals surface area contributed by atoms with Crippen LogP contribution in [0.2, 0.25) is 0 Å². The van der Waals surface area contributed by atoms with E-state index in [-0.39, 0.29) is 6.42 Å². The van der Waals surface area contributed by atoms with E-state index in [0.717, 1.165) is 62.0 Å². The van der Waals surface area contributed by atoms with Crippen molar-refractivity contribution in [2.75, 3.05) is 19.8 Å². The molecule has 6 heteroatoms. The Hall–Kier alpha value is -2.47. The summed E-state index contributed by atoms with van der Waals surface area (Å²) in [5.41, 5.74) is 2.06. The van der Waals surface area contributed by atoms with Crippen LogP contribution in [-0.4, -0.2) is 40.9 Å². The number of ether oxygens (including phenoxy) is 2. The normalized spacial score (nSPS) is 10.8. The molecule has 1 aromatic heterocycles. The number of carboxylic acid groups (broad SMARTS) is 1. The van der Waals surface area contributed by atoms with Crippen molar-refractivity contribution in [2.45, 2.75) is 64.7 Å². The molecule has 0 spiro atoms. The van der Waals surface area contributed by atoms with Gasteiger partial charge in [0, 0.05) is 31.0 Å². The molecule has 2 aromatic rings. The van der Waals surface area contributed by atoms with Crippen LogP contribution in [0.3, 0.4) is 0 Å². The first kappa shape index (κ1) is 23.8. The molecule has 0 amide bonds. The monoisotopic (exact) mass is 414 g/mol. The molecule has 6 nitrogen and oxygen atoms in total. The molecule has 0 saturated heterocycles. The van der Waals surface area contributed by atoms with Crippen LogP contribution < -0.4 is 4.74 Å². The summed E-state index contributed by atoms with van der Waals surface area (Å²) in [4.78, 5) is 19.4. The third kappa shape index (κ3) is 9.83. The Bertz CT molecular complexity index is 717. The van der Waals surface area contributed by atoms with Crippen LogP contribution in [0, 0.1) is 0 Å². The fraction of sp³-hybridized carbons (Fsp3) is 0.542. The van der Waals surface area contributed by atoms with Crippen LogP contribution >= 0.6 is 0 Å². The minimum atomic E-state index is -0.717. The number of carbonyl (C=O) groups is 1. The minimum absolute atomic E-state index is 0.258. The standard InChI is InChI=1S/C24H34N2O4/c1-2-3-8-15-29-16-17-30-22-13-11-21(12-14-22)24-25-18-20(19-26-24)9-6-4-5-7-10-23(27)28/h11-14,18-19H,2-10,15-17H2,1H3,(H,27,28). The van der Waals surface area contributed by atoms with E-state index in [0.29, 0.717) is 19.0 Å². The van der Waals surface area contributed by atoms with Crippen molar-refractivity contribution in [1.29, 1.82) is 0 Å². The molecule has 0 unspecified atom stereocenters. The van der Waals surface area contributed by atoms with Gasteiger partial charge in [-0.1, -0.05) is 32.6 Å². The second-order valence-electron chi connectivity index (χ2n) is 7.42. The van der Waals surface area contributed by atoms with Crippen LogP contribution in [0.1, 0.15) is 63.9 Å². The highest BCUT2D eigenvalue weighted by molar-refractivity contribution is 5.66. The minimum Gasteiger partial charge on any atom is -0.491 e. The molecule has 0 aliphatic rings. The number of rotatable bonds is 16. The van der Waals surface area contributed by atoms with Gasteiger partial charge in [0.2, 0.25) is 0 Å². The summed E-state index contributed by atoms with van der Waals surface area (Å²) in [6, 6.07) is 7.80. The molecule has 164 valence electrons. The van der Waals surface area contributed by atoms with Crippen molar-refractivity contribution in [2.24, 2.45) is 0 Å². The Morgan fingerprint density at radius 1 is 0.900 bits per heavy atom. The zero-order valence-corrected chi connectivity index (χ0v) is 18.0. The van der Waals surface area contributed by atoms with E-state index < -0.39 is 5.97 Å². The maximum atomic E-state index is 10.5. The number of hydrogen-bond acceptors (Lipinski definition) is 5. The van der Waals surface area contributed by atoms with Crippen LogP contribution in [0.5, 0.6) is 5.75 Å². The maximum absolute atomic E-state index is 10.5. The topological polar surface area (TPSA) is 81.5 Å². The number of benzene rings is 1. The quantitative estimate of drug-likeness (QED) is 0.375. The van der Waals surface area contributed by atoms with Crippen molar-refractivity contribution in [3.8, 4) is 17.1 Å². The fourth-order valence-electron chi connectivity index (χ4n) is 3.07. The Labute approximate surface area is 179 Å². The van der Waals surface area contributed by atoms with Gasteiger partial charge in [0.05, 0.1) is 6.61 Å². The average Bonchev–Trinajstić information content (AvgIpc) is 2.76. The third-order valence-electron chi connectivity index (χ3n) is 4.81. The lowest BCUT2D eigenvalue weighted by Gasteiger charge is -2.08. The molecule has 0 aliphatic heterocycles. The van der Waals surface area contributed by atoms with Gasteiger partial charge >= 0.3 is 5.97 Å². The van der Waals surface area contributed by atoms with Gasteiger partial charge in [0.25, 0.3) is 0 Å². The molecular formula is C24H34N2O4. The number of hydrogen-bond donors (Lipinski definition) is 1. The third-order valence-corrected chi connectivity index (χ3v) is 4.81. The number of nitrogens with zero attached hydrogens (tertiary/aromatic N) is 2. The summed E-state index contributed by atoms with van der Waals surface area (Å²) in [7, 11) is 0. The summed E-state index contributed by atoms with van der Waals surface area (Å²) in [5, 5.41) is 8.64. The smallest absolute Gasteiger partial charge is 0.303 e. The van der Waals surface area contributed by atoms with Gasteiger partial charge in [-0.05, 0) is 55.5 Å². The van der Waals surface area contributed by atoms with E-state index in [9.17, 15) is 4.79 Å². The van der Waals surface area contributed by atoms with Gasteiger partial charge in [0.15, 0.2) is 5.82 Å². The number of aliphatic carboxylic acids is 1. The zero-order valence-electron chi connectivity index (χ0n) is 18.0.